The molecule has 3 N–H and O–H groups in total. The normalized spacial score (nSPS) is 12.6. The highest BCUT2D eigenvalue weighted by molar-refractivity contribution is 7.90. The lowest BCUT2D eigenvalue weighted by Gasteiger charge is -2.15. The van der Waals surface area contributed by atoms with Gasteiger partial charge in [-0.15, -0.1) is 6.58 Å². The smallest absolute Gasteiger partial charge is 0.249 e. The van der Waals surface area contributed by atoms with E-state index >= 15 is 0 Å². The van der Waals surface area contributed by atoms with Gasteiger partial charge in [0.1, 0.15) is 5.25 Å². The third-order valence-corrected chi connectivity index (χ3v) is 6.49. The van der Waals surface area contributed by atoms with Crippen molar-refractivity contribution in [3.05, 3.63) is 102 Å². The molecule has 0 aliphatic heterocycles. The molecule has 0 radical (unpaired) electrons. The van der Waals surface area contributed by atoms with Crippen LogP contribution in [0.4, 0.5) is 11.4 Å². The van der Waals surface area contributed by atoms with Gasteiger partial charge < -0.3 is 11.1 Å². The first kappa shape index (κ1) is 21.1. The molecule has 1 atom stereocenters. The summed E-state index contributed by atoms with van der Waals surface area (Å²) >= 11 is 0. The molecule has 0 saturated carbocycles. The Morgan fingerprint density at radius 3 is 2.50 bits per heavy atom. The molecule has 0 spiro atoms. The van der Waals surface area contributed by atoms with Crippen LogP contribution in [0.5, 0.6) is 0 Å². The van der Waals surface area contributed by atoms with E-state index in [2.05, 4.69) is 11.9 Å². The van der Waals surface area contributed by atoms with Crippen molar-refractivity contribution in [1.82, 2.24) is 3.97 Å². The fraction of sp³-hybridized carbons (Fsp3) is 0.0870. The Hall–Kier alpha value is -3.58. The number of nitrogen functional groups attached to an aromatic ring is 1. The van der Waals surface area contributed by atoms with Crippen LogP contribution in [0.2, 0.25) is 0 Å². The van der Waals surface area contributed by atoms with Gasteiger partial charge in [0.05, 0.1) is 11.4 Å². The summed E-state index contributed by atoms with van der Waals surface area (Å²) in [5.74, 6) is -0.368. The van der Waals surface area contributed by atoms with E-state index in [1.54, 1.807) is 42.5 Å². The lowest BCUT2D eigenvalue weighted by Crippen LogP contribution is -2.18. The van der Waals surface area contributed by atoms with Crippen molar-refractivity contribution in [2.24, 2.45) is 0 Å². The molecular formula is C23H23N3O3S. The lowest BCUT2D eigenvalue weighted by atomic mass is 10.1. The van der Waals surface area contributed by atoms with Gasteiger partial charge in [0.25, 0.3) is 0 Å². The van der Waals surface area contributed by atoms with Crippen molar-refractivity contribution >= 4 is 33.4 Å². The highest BCUT2D eigenvalue weighted by Gasteiger charge is 2.25. The van der Waals surface area contributed by atoms with Crippen LogP contribution in [0.25, 0.3) is 6.08 Å². The first-order valence-electron chi connectivity index (χ1n) is 9.26. The largest absolute Gasteiger partial charge is 0.397 e. The Morgan fingerprint density at radius 1 is 1.13 bits per heavy atom. The Kier molecular flexibility index (Phi) is 6.23. The van der Waals surface area contributed by atoms with Crippen LogP contribution in [-0.4, -0.2) is 18.3 Å². The van der Waals surface area contributed by atoms with Crippen molar-refractivity contribution in [3.8, 4) is 0 Å². The minimum atomic E-state index is -3.74. The van der Waals surface area contributed by atoms with Gasteiger partial charge in [-0.3, -0.25) is 8.77 Å². The van der Waals surface area contributed by atoms with Crippen LogP contribution < -0.4 is 11.1 Å². The predicted octanol–water partition coefficient (Wildman–Crippen LogP) is 4.14. The van der Waals surface area contributed by atoms with Gasteiger partial charge in [0.2, 0.25) is 15.9 Å². The van der Waals surface area contributed by atoms with E-state index in [0.717, 1.165) is 9.54 Å². The number of carbonyl (C=O) groups is 1. The summed E-state index contributed by atoms with van der Waals surface area (Å²) in [5.41, 5.74) is 9.04. The minimum absolute atomic E-state index is 0.368. The van der Waals surface area contributed by atoms with Crippen LogP contribution in [0.15, 0.2) is 85.7 Å². The number of aromatic nitrogens is 1. The summed E-state index contributed by atoms with van der Waals surface area (Å²) in [7, 11) is -3.74. The standard InChI is InChI=1S/C23H23N3O3S/c1-3-22(19-11-8-17(2)9-12-19)30(28,29)26-15-14-18(16-26)10-13-23(27)25-21-7-5-4-6-20(21)24/h3-16,22H,1,24H2,2H3,(H,25,27)/b13-10+. The average molecular weight is 422 g/mol. The molecule has 1 unspecified atom stereocenters. The van der Waals surface area contributed by atoms with Gasteiger partial charge in [0.15, 0.2) is 0 Å². The number of hydrogen-bond donors (Lipinski definition) is 2. The maximum atomic E-state index is 13.1. The van der Waals surface area contributed by atoms with Gasteiger partial charge >= 0.3 is 0 Å². The van der Waals surface area contributed by atoms with Gasteiger partial charge in [-0.1, -0.05) is 48.0 Å². The van der Waals surface area contributed by atoms with Gasteiger partial charge in [-0.25, -0.2) is 8.42 Å². The lowest BCUT2D eigenvalue weighted by molar-refractivity contribution is -0.111. The van der Waals surface area contributed by atoms with E-state index in [4.69, 9.17) is 5.73 Å². The molecule has 30 heavy (non-hydrogen) atoms. The number of aryl methyl sites for hydroxylation is 1. The van der Waals surface area contributed by atoms with Crippen LogP contribution in [0.1, 0.15) is 21.9 Å². The Morgan fingerprint density at radius 2 is 1.83 bits per heavy atom. The third-order valence-electron chi connectivity index (χ3n) is 4.57. The third kappa shape index (κ3) is 4.69. The number of nitrogens with zero attached hydrogens (tertiary/aromatic N) is 1. The van der Waals surface area contributed by atoms with E-state index in [1.165, 1.54) is 30.6 Å². The van der Waals surface area contributed by atoms with E-state index < -0.39 is 15.3 Å². The molecule has 0 saturated heterocycles. The highest BCUT2D eigenvalue weighted by Crippen LogP contribution is 2.26. The second-order valence-corrected chi connectivity index (χ2v) is 8.76. The summed E-state index contributed by atoms with van der Waals surface area (Å²) < 4.78 is 27.3. The number of benzene rings is 2. The van der Waals surface area contributed by atoms with E-state index in [-0.39, 0.29) is 5.91 Å². The molecule has 6 nitrogen and oxygen atoms in total. The first-order valence-corrected chi connectivity index (χ1v) is 10.8. The predicted molar refractivity (Wildman–Crippen MR) is 121 cm³/mol. The monoisotopic (exact) mass is 421 g/mol. The van der Waals surface area contributed by atoms with Crippen LogP contribution in [-0.2, 0) is 14.8 Å². The summed E-state index contributed by atoms with van der Waals surface area (Å²) in [6.07, 6.45) is 7.18. The minimum Gasteiger partial charge on any atom is -0.397 e. The number of carbonyl (C=O) groups excluding carboxylic acids is 1. The van der Waals surface area contributed by atoms with Crippen molar-refractivity contribution in [2.75, 3.05) is 11.1 Å². The molecule has 1 aromatic heterocycles. The number of para-hydroxylation sites is 2. The quantitative estimate of drug-likeness (QED) is 0.341. The molecule has 0 fully saturated rings. The number of nitrogens with one attached hydrogen (secondary N) is 1. The van der Waals surface area contributed by atoms with Crippen molar-refractivity contribution in [1.29, 1.82) is 0 Å². The number of rotatable bonds is 7. The summed E-state index contributed by atoms with van der Waals surface area (Å²) in [4.78, 5) is 12.1. The fourth-order valence-electron chi connectivity index (χ4n) is 2.92. The zero-order valence-electron chi connectivity index (χ0n) is 16.5. The molecule has 154 valence electrons. The summed E-state index contributed by atoms with van der Waals surface area (Å²) in [6.45, 7) is 5.63. The molecule has 3 rings (SSSR count). The maximum absolute atomic E-state index is 13.1. The number of nitrogens with two attached hydrogens (primary N) is 1. The molecule has 0 aliphatic rings. The second kappa shape index (κ2) is 8.84. The topological polar surface area (TPSA) is 94.2 Å². The second-order valence-electron chi connectivity index (χ2n) is 6.80. The number of anilines is 2. The Bertz CT molecular complexity index is 1190. The maximum Gasteiger partial charge on any atom is 0.249 e. The van der Waals surface area contributed by atoms with Gasteiger partial charge in [-0.05, 0) is 42.3 Å². The zero-order valence-corrected chi connectivity index (χ0v) is 17.3. The van der Waals surface area contributed by atoms with E-state index in [1.807, 2.05) is 19.1 Å². The van der Waals surface area contributed by atoms with Gasteiger partial charge in [-0.2, -0.15) is 0 Å². The van der Waals surface area contributed by atoms with Crippen LogP contribution >= 0.6 is 0 Å². The summed E-state index contributed by atoms with van der Waals surface area (Å²) in [6, 6.07) is 15.8. The first-order chi connectivity index (χ1) is 14.3. The molecule has 7 heteroatoms. The molecule has 1 amide bonds. The summed E-state index contributed by atoms with van der Waals surface area (Å²) in [5, 5.41) is 1.80. The number of hydrogen-bond acceptors (Lipinski definition) is 4. The van der Waals surface area contributed by atoms with E-state index in [0.29, 0.717) is 22.5 Å². The molecule has 3 aromatic rings. The van der Waals surface area contributed by atoms with E-state index in [9.17, 15) is 13.2 Å². The highest BCUT2D eigenvalue weighted by atomic mass is 32.2. The SMILES string of the molecule is C=CC(c1ccc(C)cc1)S(=O)(=O)n1ccc(/C=C/C(=O)Nc2ccccc2N)c1. The molecule has 0 bridgehead atoms. The Balaban J connectivity index is 1.76. The van der Waals surface area contributed by atoms with Crippen molar-refractivity contribution in [3.63, 3.8) is 0 Å². The van der Waals surface area contributed by atoms with Crippen LogP contribution in [0, 0.1) is 6.92 Å². The molecule has 0 aliphatic carbocycles. The zero-order chi connectivity index (χ0) is 21.7. The van der Waals surface area contributed by atoms with Crippen molar-refractivity contribution in [2.45, 2.75) is 12.2 Å². The molecule has 2 aromatic carbocycles. The molecular weight excluding hydrogens is 398 g/mol. The van der Waals surface area contributed by atoms with Crippen molar-refractivity contribution < 1.29 is 13.2 Å². The Labute approximate surface area is 176 Å². The van der Waals surface area contributed by atoms with Crippen LogP contribution in [0.3, 0.4) is 0 Å². The molecule has 1 heterocycles. The number of amides is 1. The average Bonchev–Trinajstić information content (AvgIpc) is 3.20. The van der Waals surface area contributed by atoms with Gasteiger partial charge in [0, 0.05) is 18.5 Å². The fourth-order valence-corrected chi connectivity index (χ4v) is 4.43.